The van der Waals surface area contributed by atoms with Crippen molar-refractivity contribution >= 4 is 46.0 Å². The summed E-state index contributed by atoms with van der Waals surface area (Å²) in [4.78, 5) is 17.0. The molecule has 0 spiro atoms. The number of anilines is 1. The Labute approximate surface area is 178 Å². The van der Waals surface area contributed by atoms with Crippen molar-refractivity contribution in [2.45, 2.75) is 6.54 Å². The van der Waals surface area contributed by atoms with Crippen LogP contribution in [0, 0.1) is 0 Å². The molecule has 1 N–H and O–H groups in total. The van der Waals surface area contributed by atoms with Gasteiger partial charge in [0.2, 0.25) is 5.91 Å². The van der Waals surface area contributed by atoms with Gasteiger partial charge in [-0.2, -0.15) is 8.75 Å². The number of amides is 1. The Morgan fingerprint density at radius 2 is 1.97 bits per heavy atom. The van der Waals surface area contributed by atoms with Crippen molar-refractivity contribution in [2.24, 2.45) is 0 Å². The standard InChI is InChI=1S/C20H22ClN5O2S/c1-28-18-6-5-15(21)11-14(18)12-25-7-9-26(10-8-25)13-19(27)22-16-3-2-4-17-20(16)24-29-23-17/h2-6,11H,7-10,12-13H2,1H3,(H,22,27). The Bertz CT molecular complexity index is 1000. The molecule has 1 amide bonds. The number of nitrogens with one attached hydrogen (secondary N) is 1. The molecule has 29 heavy (non-hydrogen) atoms. The lowest BCUT2D eigenvalue weighted by Crippen LogP contribution is -2.48. The Morgan fingerprint density at radius 3 is 2.76 bits per heavy atom. The molecule has 152 valence electrons. The third kappa shape index (κ3) is 4.84. The summed E-state index contributed by atoms with van der Waals surface area (Å²) in [6.45, 7) is 4.57. The average Bonchev–Trinajstić information content (AvgIpc) is 3.20. The van der Waals surface area contributed by atoms with E-state index < -0.39 is 0 Å². The van der Waals surface area contributed by atoms with Crippen LogP contribution in [-0.4, -0.2) is 64.3 Å². The lowest BCUT2D eigenvalue weighted by molar-refractivity contribution is -0.117. The SMILES string of the molecule is COc1ccc(Cl)cc1CN1CCN(CC(=O)Nc2cccc3nsnc23)CC1. The molecule has 0 unspecified atom stereocenters. The third-order valence-electron chi connectivity index (χ3n) is 5.03. The molecular formula is C20H22ClN5O2S. The summed E-state index contributed by atoms with van der Waals surface area (Å²) in [5, 5.41) is 3.68. The fourth-order valence-corrected chi connectivity index (χ4v) is 4.26. The zero-order chi connectivity index (χ0) is 20.2. The van der Waals surface area contributed by atoms with Gasteiger partial charge in [-0.05, 0) is 30.3 Å². The van der Waals surface area contributed by atoms with Gasteiger partial charge < -0.3 is 10.1 Å². The molecule has 1 aliphatic heterocycles. The van der Waals surface area contributed by atoms with Crippen LogP contribution in [0.3, 0.4) is 0 Å². The highest BCUT2D eigenvalue weighted by molar-refractivity contribution is 7.00. The third-order valence-corrected chi connectivity index (χ3v) is 5.81. The minimum atomic E-state index is -0.0320. The van der Waals surface area contributed by atoms with Crippen LogP contribution in [0.15, 0.2) is 36.4 Å². The van der Waals surface area contributed by atoms with Crippen LogP contribution in [0.4, 0.5) is 5.69 Å². The predicted molar refractivity (Wildman–Crippen MR) is 116 cm³/mol. The first-order valence-corrected chi connectivity index (χ1v) is 10.5. The van der Waals surface area contributed by atoms with E-state index >= 15 is 0 Å². The lowest BCUT2D eigenvalue weighted by Gasteiger charge is -2.34. The molecule has 9 heteroatoms. The summed E-state index contributed by atoms with van der Waals surface area (Å²) in [6, 6.07) is 11.3. The average molecular weight is 432 g/mol. The van der Waals surface area contributed by atoms with Gasteiger partial charge in [0, 0.05) is 43.3 Å². The number of rotatable bonds is 6. The zero-order valence-electron chi connectivity index (χ0n) is 16.1. The molecule has 0 atom stereocenters. The van der Waals surface area contributed by atoms with Crippen molar-refractivity contribution in [3.63, 3.8) is 0 Å². The highest BCUT2D eigenvalue weighted by Crippen LogP contribution is 2.24. The molecule has 0 saturated carbocycles. The van der Waals surface area contributed by atoms with Gasteiger partial charge >= 0.3 is 0 Å². The number of piperazine rings is 1. The first kappa shape index (κ1) is 20.0. The highest BCUT2D eigenvalue weighted by Gasteiger charge is 2.20. The molecule has 1 saturated heterocycles. The van der Waals surface area contributed by atoms with Crippen molar-refractivity contribution < 1.29 is 9.53 Å². The number of nitrogens with zero attached hydrogens (tertiary/aromatic N) is 4. The largest absolute Gasteiger partial charge is 0.496 e. The van der Waals surface area contributed by atoms with Gasteiger partial charge in [-0.15, -0.1) is 0 Å². The number of hydrogen-bond donors (Lipinski definition) is 1. The zero-order valence-corrected chi connectivity index (χ0v) is 17.7. The molecule has 0 radical (unpaired) electrons. The van der Waals surface area contributed by atoms with Gasteiger partial charge in [0.15, 0.2) is 0 Å². The fraction of sp³-hybridized carbons (Fsp3) is 0.350. The topological polar surface area (TPSA) is 70.6 Å². The summed E-state index contributed by atoms with van der Waals surface area (Å²) in [6.07, 6.45) is 0. The molecule has 1 aliphatic rings. The number of fused-ring (bicyclic) bond motifs is 1. The summed E-state index contributed by atoms with van der Waals surface area (Å²) in [5.74, 6) is 0.817. The molecular weight excluding hydrogens is 410 g/mol. The molecule has 7 nitrogen and oxygen atoms in total. The van der Waals surface area contributed by atoms with Crippen LogP contribution in [0.2, 0.25) is 5.02 Å². The molecule has 1 aromatic heterocycles. The van der Waals surface area contributed by atoms with Gasteiger partial charge in [-0.3, -0.25) is 14.6 Å². The van der Waals surface area contributed by atoms with Crippen LogP contribution in [0.25, 0.3) is 11.0 Å². The maximum Gasteiger partial charge on any atom is 0.238 e. The first-order valence-electron chi connectivity index (χ1n) is 9.40. The number of carbonyl (C=O) groups is 1. The Balaban J connectivity index is 1.29. The van der Waals surface area contributed by atoms with E-state index in [1.807, 2.05) is 36.4 Å². The number of halogens is 1. The van der Waals surface area contributed by atoms with Gasteiger partial charge in [0.1, 0.15) is 16.8 Å². The van der Waals surface area contributed by atoms with E-state index in [0.29, 0.717) is 17.3 Å². The van der Waals surface area contributed by atoms with E-state index in [1.165, 1.54) is 0 Å². The second-order valence-corrected chi connectivity index (χ2v) is 7.96. The fourth-order valence-electron chi connectivity index (χ4n) is 3.52. The molecule has 2 heterocycles. The van der Waals surface area contributed by atoms with Crippen LogP contribution in [0.5, 0.6) is 5.75 Å². The molecule has 3 aromatic rings. The van der Waals surface area contributed by atoms with Crippen LogP contribution in [-0.2, 0) is 11.3 Å². The van der Waals surface area contributed by atoms with Crippen LogP contribution >= 0.6 is 23.3 Å². The normalized spacial score (nSPS) is 15.5. The second-order valence-electron chi connectivity index (χ2n) is 6.99. The van der Waals surface area contributed by atoms with Gasteiger partial charge in [0.25, 0.3) is 0 Å². The monoisotopic (exact) mass is 431 g/mol. The minimum Gasteiger partial charge on any atom is -0.496 e. The second kappa shape index (κ2) is 9.04. The quantitative estimate of drug-likeness (QED) is 0.646. The summed E-state index contributed by atoms with van der Waals surface area (Å²) in [7, 11) is 1.67. The van der Waals surface area contributed by atoms with E-state index in [1.54, 1.807) is 7.11 Å². The maximum atomic E-state index is 12.5. The van der Waals surface area contributed by atoms with E-state index in [9.17, 15) is 4.79 Å². The summed E-state index contributed by atoms with van der Waals surface area (Å²) in [5.41, 5.74) is 3.34. The number of benzene rings is 2. The van der Waals surface area contributed by atoms with E-state index in [-0.39, 0.29) is 5.91 Å². The summed E-state index contributed by atoms with van der Waals surface area (Å²) < 4.78 is 13.9. The van der Waals surface area contributed by atoms with E-state index in [0.717, 1.165) is 66.8 Å². The van der Waals surface area contributed by atoms with E-state index in [4.69, 9.17) is 16.3 Å². The first-order chi connectivity index (χ1) is 14.1. The molecule has 2 aromatic carbocycles. The van der Waals surface area contributed by atoms with Crippen LogP contribution < -0.4 is 10.1 Å². The van der Waals surface area contributed by atoms with Crippen molar-refractivity contribution in [2.75, 3.05) is 45.2 Å². The maximum absolute atomic E-state index is 12.5. The number of aromatic nitrogens is 2. The number of carbonyl (C=O) groups excluding carboxylic acids is 1. The minimum absolute atomic E-state index is 0.0320. The highest BCUT2D eigenvalue weighted by atomic mass is 35.5. The summed E-state index contributed by atoms with van der Waals surface area (Å²) >= 11 is 7.28. The van der Waals surface area contributed by atoms with Gasteiger partial charge in [-0.1, -0.05) is 17.7 Å². The molecule has 0 bridgehead atoms. The smallest absolute Gasteiger partial charge is 0.238 e. The van der Waals surface area contributed by atoms with Gasteiger partial charge in [-0.25, -0.2) is 0 Å². The Morgan fingerprint density at radius 1 is 1.17 bits per heavy atom. The van der Waals surface area contributed by atoms with Crippen molar-refractivity contribution in [3.8, 4) is 5.75 Å². The predicted octanol–water partition coefficient (Wildman–Crippen LogP) is 3.11. The number of methoxy groups -OCH3 is 1. The number of hydrogen-bond acceptors (Lipinski definition) is 7. The van der Waals surface area contributed by atoms with Crippen molar-refractivity contribution in [1.82, 2.24) is 18.5 Å². The van der Waals surface area contributed by atoms with E-state index in [2.05, 4.69) is 23.9 Å². The lowest BCUT2D eigenvalue weighted by atomic mass is 10.1. The molecule has 1 fully saturated rings. The molecule has 0 aliphatic carbocycles. The molecule has 4 rings (SSSR count). The van der Waals surface area contributed by atoms with Crippen molar-refractivity contribution in [3.05, 3.63) is 47.0 Å². The number of ether oxygens (including phenoxy) is 1. The van der Waals surface area contributed by atoms with Crippen molar-refractivity contribution in [1.29, 1.82) is 0 Å². The Kier molecular flexibility index (Phi) is 6.25. The van der Waals surface area contributed by atoms with Crippen LogP contribution in [0.1, 0.15) is 5.56 Å². The Hall–Kier alpha value is -2.26. The van der Waals surface area contributed by atoms with Gasteiger partial charge in [0.05, 0.1) is 31.1 Å².